The fourth-order valence-corrected chi connectivity index (χ4v) is 4.96. The first kappa shape index (κ1) is 23.4. The zero-order chi connectivity index (χ0) is 23.5. The summed E-state index contributed by atoms with van der Waals surface area (Å²) in [6.45, 7) is 0. The van der Waals surface area contributed by atoms with Crippen LogP contribution in [0.4, 0.5) is 0 Å². The molecule has 33 heavy (non-hydrogen) atoms. The molecule has 0 radical (unpaired) electrons. The molecule has 2 atom stereocenters. The van der Waals surface area contributed by atoms with E-state index in [1.165, 1.54) is 7.11 Å². The van der Waals surface area contributed by atoms with Crippen LogP contribution in [0.5, 0.6) is 11.5 Å². The van der Waals surface area contributed by atoms with E-state index in [0.717, 1.165) is 32.6 Å². The molecule has 0 aliphatic carbocycles. The Hall–Kier alpha value is -2.81. The Labute approximate surface area is 208 Å². The maximum absolute atomic E-state index is 11.8. The summed E-state index contributed by atoms with van der Waals surface area (Å²) in [6, 6.07) is 18.4. The van der Waals surface area contributed by atoms with E-state index in [9.17, 15) is 9.90 Å². The van der Waals surface area contributed by atoms with Crippen LogP contribution in [-0.2, 0) is 4.74 Å². The van der Waals surface area contributed by atoms with E-state index >= 15 is 0 Å². The third-order valence-corrected chi connectivity index (χ3v) is 6.50. The third kappa shape index (κ3) is 5.08. The van der Waals surface area contributed by atoms with Crippen molar-refractivity contribution in [2.45, 2.75) is 12.2 Å². The molecule has 1 aliphatic heterocycles. The van der Waals surface area contributed by atoms with Crippen molar-refractivity contribution in [2.75, 3.05) is 14.2 Å². The number of ether oxygens (including phenoxy) is 2. The summed E-state index contributed by atoms with van der Waals surface area (Å²) in [5.41, 5.74) is 4.01. The first-order valence-corrected chi connectivity index (χ1v) is 11.7. The quantitative estimate of drug-likeness (QED) is 0.340. The fourth-order valence-electron chi connectivity index (χ4n) is 3.70. The van der Waals surface area contributed by atoms with Crippen molar-refractivity contribution in [3.8, 4) is 11.5 Å². The molecule has 170 valence electrons. The first-order valence-electron chi connectivity index (χ1n) is 10.1. The largest absolute Gasteiger partial charge is 0.506 e. The Bertz CT molecular complexity index is 1190. The molecule has 8 heteroatoms. The highest BCUT2D eigenvalue weighted by molar-refractivity contribution is 9.11. The van der Waals surface area contributed by atoms with E-state index in [1.54, 1.807) is 25.3 Å². The van der Waals surface area contributed by atoms with Crippen LogP contribution in [0.2, 0.25) is 0 Å². The highest BCUT2D eigenvalue weighted by Crippen LogP contribution is 2.39. The molecule has 0 spiro atoms. The van der Waals surface area contributed by atoms with Gasteiger partial charge in [-0.3, -0.25) is 5.32 Å². The zero-order valence-corrected chi connectivity index (χ0v) is 21.1. The van der Waals surface area contributed by atoms with Gasteiger partial charge in [-0.2, -0.15) is 0 Å². The molecule has 0 saturated carbocycles. The molecule has 1 aliphatic rings. The highest BCUT2D eigenvalue weighted by atomic mass is 79.9. The van der Waals surface area contributed by atoms with Crippen molar-refractivity contribution in [3.63, 3.8) is 0 Å². The maximum atomic E-state index is 11.8. The molecule has 6 nitrogen and oxygen atoms in total. The predicted octanol–water partition coefficient (Wildman–Crippen LogP) is 5.69. The monoisotopic (exact) mass is 572 g/mol. The van der Waals surface area contributed by atoms with Crippen LogP contribution < -0.4 is 15.4 Å². The molecule has 0 bridgehead atoms. The standard InChI is InChI=1S/C25H22Br2N2O4/c1-32-18-9-7-14(8-10-18)21-13-22(19-11-17(26)12-20(27)23(19)30)29-24(28-21)15-3-5-16(6-4-15)25(31)33-2/h3-13,22,24,28-30H,1-2H3. The number of phenols is 1. The second kappa shape index (κ2) is 9.99. The van der Waals surface area contributed by atoms with E-state index < -0.39 is 0 Å². The Morgan fingerprint density at radius 2 is 1.70 bits per heavy atom. The van der Waals surface area contributed by atoms with Gasteiger partial charge in [0.2, 0.25) is 0 Å². The second-order valence-electron chi connectivity index (χ2n) is 7.47. The van der Waals surface area contributed by atoms with Gasteiger partial charge in [0.05, 0.1) is 30.3 Å². The average molecular weight is 574 g/mol. The fraction of sp³-hybridized carbons (Fsp3) is 0.160. The summed E-state index contributed by atoms with van der Waals surface area (Å²) in [5, 5.41) is 17.8. The van der Waals surface area contributed by atoms with Crippen LogP contribution in [0.3, 0.4) is 0 Å². The lowest BCUT2D eigenvalue weighted by Gasteiger charge is -2.33. The molecule has 0 saturated heterocycles. The minimum Gasteiger partial charge on any atom is -0.506 e. The normalized spacial score (nSPS) is 17.6. The maximum Gasteiger partial charge on any atom is 0.337 e. The SMILES string of the molecule is COC(=O)c1ccc(C2NC(c3ccc(OC)cc3)=CC(c3cc(Br)cc(Br)c3O)N2)cc1. The Kier molecular flexibility index (Phi) is 7.07. The number of hydrogen-bond donors (Lipinski definition) is 3. The lowest BCUT2D eigenvalue weighted by atomic mass is 9.97. The van der Waals surface area contributed by atoms with Crippen molar-refractivity contribution in [1.82, 2.24) is 10.6 Å². The van der Waals surface area contributed by atoms with Crippen molar-refractivity contribution >= 4 is 43.5 Å². The smallest absolute Gasteiger partial charge is 0.337 e. The van der Waals surface area contributed by atoms with Crippen LogP contribution in [0.1, 0.15) is 39.3 Å². The van der Waals surface area contributed by atoms with Crippen molar-refractivity contribution in [3.05, 3.63) is 97.9 Å². The van der Waals surface area contributed by atoms with Crippen LogP contribution >= 0.6 is 31.9 Å². The number of aromatic hydroxyl groups is 1. The molecule has 3 aromatic carbocycles. The molecule has 1 heterocycles. The summed E-state index contributed by atoms with van der Waals surface area (Å²) >= 11 is 6.94. The molecule has 3 N–H and O–H groups in total. The predicted molar refractivity (Wildman–Crippen MR) is 134 cm³/mol. The summed E-state index contributed by atoms with van der Waals surface area (Å²) < 4.78 is 11.5. The number of halogens is 2. The van der Waals surface area contributed by atoms with Crippen LogP contribution in [0.15, 0.2) is 75.7 Å². The number of carbonyl (C=O) groups is 1. The van der Waals surface area contributed by atoms with Gasteiger partial charge < -0.3 is 19.9 Å². The van der Waals surface area contributed by atoms with Gasteiger partial charge in [0.1, 0.15) is 17.7 Å². The number of methoxy groups -OCH3 is 2. The average Bonchev–Trinajstić information content (AvgIpc) is 2.85. The molecular formula is C25H22Br2N2O4. The van der Waals surface area contributed by atoms with Gasteiger partial charge >= 0.3 is 5.97 Å². The Morgan fingerprint density at radius 1 is 1.00 bits per heavy atom. The van der Waals surface area contributed by atoms with Crippen LogP contribution in [-0.4, -0.2) is 25.3 Å². The van der Waals surface area contributed by atoms with Gasteiger partial charge in [0, 0.05) is 15.7 Å². The van der Waals surface area contributed by atoms with E-state index in [-0.39, 0.29) is 23.9 Å². The molecule has 4 rings (SSSR count). The summed E-state index contributed by atoms with van der Waals surface area (Å²) in [5.74, 6) is 0.558. The molecule has 0 fully saturated rings. The summed E-state index contributed by atoms with van der Waals surface area (Å²) in [7, 11) is 2.99. The highest BCUT2D eigenvalue weighted by Gasteiger charge is 2.27. The van der Waals surface area contributed by atoms with Crippen molar-refractivity contribution in [2.24, 2.45) is 0 Å². The molecular weight excluding hydrogens is 552 g/mol. The summed E-state index contributed by atoms with van der Waals surface area (Å²) in [4.78, 5) is 11.8. The molecule has 0 aromatic heterocycles. The van der Waals surface area contributed by atoms with Crippen molar-refractivity contribution < 1.29 is 19.4 Å². The number of benzene rings is 3. The lowest BCUT2D eigenvalue weighted by Crippen LogP contribution is -2.39. The van der Waals surface area contributed by atoms with Gasteiger partial charge in [-0.05, 0) is 81.7 Å². The number of hydrogen-bond acceptors (Lipinski definition) is 6. The second-order valence-corrected chi connectivity index (χ2v) is 9.24. The molecule has 2 unspecified atom stereocenters. The van der Waals surface area contributed by atoms with Gasteiger partial charge in [0.15, 0.2) is 0 Å². The van der Waals surface area contributed by atoms with Crippen LogP contribution in [0, 0.1) is 0 Å². The van der Waals surface area contributed by atoms with E-state index in [4.69, 9.17) is 9.47 Å². The zero-order valence-electron chi connectivity index (χ0n) is 17.9. The van der Waals surface area contributed by atoms with Gasteiger partial charge in [-0.25, -0.2) is 4.79 Å². The number of esters is 1. The molecule has 3 aromatic rings. The minimum absolute atomic E-state index is 0.169. The lowest BCUT2D eigenvalue weighted by molar-refractivity contribution is 0.0600. The van der Waals surface area contributed by atoms with Crippen LogP contribution in [0.25, 0.3) is 5.70 Å². The van der Waals surface area contributed by atoms with Gasteiger partial charge in [-0.15, -0.1) is 0 Å². The Balaban J connectivity index is 1.74. The summed E-state index contributed by atoms with van der Waals surface area (Å²) in [6.07, 6.45) is 1.76. The first-order chi connectivity index (χ1) is 15.9. The van der Waals surface area contributed by atoms with Gasteiger partial charge in [-0.1, -0.05) is 28.1 Å². The number of rotatable bonds is 5. The van der Waals surface area contributed by atoms with E-state index in [2.05, 4.69) is 42.5 Å². The molecule has 0 amide bonds. The van der Waals surface area contributed by atoms with Gasteiger partial charge in [0.25, 0.3) is 0 Å². The Morgan fingerprint density at radius 3 is 2.33 bits per heavy atom. The number of phenolic OH excluding ortho intramolecular Hbond substituents is 1. The van der Waals surface area contributed by atoms with Crippen molar-refractivity contribution in [1.29, 1.82) is 0 Å². The van der Waals surface area contributed by atoms with E-state index in [1.807, 2.05) is 48.5 Å². The minimum atomic E-state index is -0.383. The van der Waals surface area contributed by atoms with E-state index in [0.29, 0.717) is 10.0 Å². The number of nitrogens with one attached hydrogen (secondary N) is 2. The number of carbonyl (C=O) groups excluding carboxylic acids is 1. The topological polar surface area (TPSA) is 79.8 Å². The third-order valence-electron chi connectivity index (χ3n) is 5.44.